The first kappa shape index (κ1) is 11.2. The van der Waals surface area contributed by atoms with Crippen molar-refractivity contribution in [3.63, 3.8) is 0 Å². The van der Waals surface area contributed by atoms with Gasteiger partial charge in [0.25, 0.3) is 0 Å². The van der Waals surface area contributed by atoms with Gasteiger partial charge in [-0.25, -0.2) is 9.97 Å². The minimum Gasteiger partial charge on any atom is -0.329 e. The van der Waals surface area contributed by atoms with Crippen LogP contribution in [0.25, 0.3) is 0 Å². The Morgan fingerprint density at radius 1 is 1.38 bits per heavy atom. The number of rotatable bonds is 3. The number of pyridine rings is 1. The molecule has 0 saturated carbocycles. The number of hydrogen-bond acceptors (Lipinski definition) is 4. The van der Waals surface area contributed by atoms with Crippen LogP contribution in [-0.4, -0.2) is 14.5 Å². The number of hydrogen-bond donors (Lipinski definition) is 1. The van der Waals surface area contributed by atoms with E-state index in [1.165, 1.54) is 11.8 Å². The third-order valence-corrected chi connectivity index (χ3v) is 3.27. The Bertz CT molecular complexity index is 478. The zero-order valence-corrected chi connectivity index (χ0v) is 10.1. The van der Waals surface area contributed by atoms with Gasteiger partial charge in [-0.2, -0.15) is 0 Å². The molecule has 0 radical (unpaired) electrons. The highest BCUT2D eigenvalue weighted by Gasteiger charge is 2.06. The van der Waals surface area contributed by atoms with Gasteiger partial charge in [0, 0.05) is 31.7 Å². The van der Waals surface area contributed by atoms with Gasteiger partial charge in [0.2, 0.25) is 0 Å². The van der Waals surface area contributed by atoms with E-state index in [1.54, 1.807) is 12.4 Å². The molecule has 0 saturated heterocycles. The standard InChI is InChI=1S/C11H14N4S/c1-8(12)9-3-4-13-10(7-9)16-11-14-5-6-15(11)2/h3-8H,12H2,1-2H3/t8-/m1/s1. The zero-order valence-electron chi connectivity index (χ0n) is 9.29. The number of aryl methyl sites for hydroxylation is 1. The first-order valence-electron chi connectivity index (χ1n) is 5.03. The molecule has 0 amide bonds. The van der Waals surface area contributed by atoms with Crippen molar-refractivity contribution in [1.82, 2.24) is 14.5 Å². The van der Waals surface area contributed by atoms with Crippen molar-refractivity contribution < 1.29 is 0 Å². The first-order chi connectivity index (χ1) is 7.66. The van der Waals surface area contributed by atoms with Crippen LogP contribution in [0.3, 0.4) is 0 Å². The quantitative estimate of drug-likeness (QED) is 0.882. The topological polar surface area (TPSA) is 56.7 Å². The van der Waals surface area contributed by atoms with Crippen molar-refractivity contribution in [3.05, 3.63) is 36.3 Å². The summed E-state index contributed by atoms with van der Waals surface area (Å²) in [6.07, 6.45) is 5.47. The normalized spacial score (nSPS) is 12.7. The molecular weight excluding hydrogens is 220 g/mol. The molecule has 2 rings (SSSR count). The predicted molar refractivity (Wildman–Crippen MR) is 64.2 cm³/mol. The van der Waals surface area contributed by atoms with Gasteiger partial charge in [0.1, 0.15) is 5.03 Å². The summed E-state index contributed by atoms with van der Waals surface area (Å²) in [7, 11) is 1.96. The van der Waals surface area contributed by atoms with Crippen molar-refractivity contribution in [2.24, 2.45) is 12.8 Å². The molecule has 0 aromatic carbocycles. The summed E-state index contributed by atoms with van der Waals surface area (Å²) in [6.45, 7) is 1.96. The van der Waals surface area contributed by atoms with E-state index in [4.69, 9.17) is 5.73 Å². The van der Waals surface area contributed by atoms with E-state index >= 15 is 0 Å². The summed E-state index contributed by atoms with van der Waals surface area (Å²) < 4.78 is 1.96. The fraction of sp³-hybridized carbons (Fsp3) is 0.273. The van der Waals surface area contributed by atoms with E-state index in [-0.39, 0.29) is 6.04 Å². The Labute approximate surface area is 98.9 Å². The van der Waals surface area contributed by atoms with E-state index in [2.05, 4.69) is 9.97 Å². The molecule has 2 aromatic rings. The lowest BCUT2D eigenvalue weighted by atomic mass is 10.1. The number of nitrogens with zero attached hydrogens (tertiary/aromatic N) is 3. The van der Waals surface area contributed by atoms with Gasteiger partial charge < -0.3 is 10.3 Å². The zero-order chi connectivity index (χ0) is 11.5. The minimum atomic E-state index is 0.0312. The van der Waals surface area contributed by atoms with Crippen molar-refractivity contribution in [1.29, 1.82) is 0 Å². The lowest BCUT2D eigenvalue weighted by Crippen LogP contribution is -2.05. The molecular formula is C11H14N4S. The van der Waals surface area contributed by atoms with E-state index in [0.717, 1.165) is 15.7 Å². The molecule has 0 aliphatic carbocycles. The SMILES string of the molecule is C[C@@H](N)c1ccnc(Sc2nccn2C)c1. The second-order valence-corrected chi connectivity index (χ2v) is 4.63. The van der Waals surface area contributed by atoms with Gasteiger partial charge >= 0.3 is 0 Å². The molecule has 0 fully saturated rings. The molecule has 2 N–H and O–H groups in total. The Balaban J connectivity index is 2.22. The monoisotopic (exact) mass is 234 g/mol. The van der Waals surface area contributed by atoms with Crippen LogP contribution in [-0.2, 0) is 7.05 Å². The number of nitrogens with two attached hydrogens (primary N) is 1. The maximum absolute atomic E-state index is 5.83. The lowest BCUT2D eigenvalue weighted by Gasteiger charge is -2.06. The summed E-state index contributed by atoms with van der Waals surface area (Å²) in [5.41, 5.74) is 6.92. The van der Waals surface area contributed by atoms with E-state index in [0.29, 0.717) is 0 Å². The minimum absolute atomic E-state index is 0.0312. The lowest BCUT2D eigenvalue weighted by molar-refractivity contribution is 0.786. The Kier molecular flexibility index (Phi) is 3.26. The maximum atomic E-state index is 5.83. The summed E-state index contributed by atoms with van der Waals surface area (Å²) in [5.74, 6) is 0. The molecule has 0 bridgehead atoms. The van der Waals surface area contributed by atoms with E-state index < -0.39 is 0 Å². The van der Waals surface area contributed by atoms with Crippen LogP contribution in [0.2, 0.25) is 0 Å². The van der Waals surface area contributed by atoms with Gasteiger partial charge in [0.15, 0.2) is 5.16 Å². The van der Waals surface area contributed by atoms with Crippen LogP contribution in [0.4, 0.5) is 0 Å². The number of aromatic nitrogens is 3. The fourth-order valence-corrected chi connectivity index (χ4v) is 2.12. The maximum Gasteiger partial charge on any atom is 0.174 e. The predicted octanol–water partition coefficient (Wildman–Crippen LogP) is 1.99. The van der Waals surface area contributed by atoms with Gasteiger partial charge in [-0.05, 0) is 36.4 Å². The van der Waals surface area contributed by atoms with E-state index in [9.17, 15) is 0 Å². The molecule has 84 valence electrons. The summed E-state index contributed by atoms with van der Waals surface area (Å²) >= 11 is 1.54. The Morgan fingerprint density at radius 3 is 2.81 bits per heavy atom. The van der Waals surface area contributed by atoms with Crippen LogP contribution >= 0.6 is 11.8 Å². The van der Waals surface area contributed by atoms with Crippen LogP contribution < -0.4 is 5.73 Å². The van der Waals surface area contributed by atoms with Gasteiger partial charge in [-0.3, -0.25) is 0 Å². The van der Waals surface area contributed by atoms with Crippen LogP contribution in [0.15, 0.2) is 40.9 Å². The van der Waals surface area contributed by atoms with Crippen molar-refractivity contribution in [2.45, 2.75) is 23.1 Å². The van der Waals surface area contributed by atoms with Gasteiger partial charge in [0.05, 0.1) is 0 Å². The molecule has 0 unspecified atom stereocenters. The van der Waals surface area contributed by atoms with Crippen LogP contribution in [0, 0.1) is 0 Å². The molecule has 0 spiro atoms. The average molecular weight is 234 g/mol. The highest BCUT2D eigenvalue weighted by molar-refractivity contribution is 7.99. The summed E-state index contributed by atoms with van der Waals surface area (Å²) in [6, 6.07) is 3.97. The van der Waals surface area contributed by atoms with Crippen LogP contribution in [0.5, 0.6) is 0 Å². The summed E-state index contributed by atoms with van der Waals surface area (Å²) in [4.78, 5) is 8.53. The third kappa shape index (κ3) is 2.43. The molecule has 2 heterocycles. The highest BCUT2D eigenvalue weighted by atomic mass is 32.2. The third-order valence-electron chi connectivity index (χ3n) is 2.26. The molecule has 4 nitrogen and oxygen atoms in total. The molecule has 0 aliphatic heterocycles. The van der Waals surface area contributed by atoms with Crippen molar-refractivity contribution in [3.8, 4) is 0 Å². The smallest absolute Gasteiger partial charge is 0.174 e. The van der Waals surface area contributed by atoms with Crippen molar-refractivity contribution >= 4 is 11.8 Å². The Morgan fingerprint density at radius 2 is 2.19 bits per heavy atom. The van der Waals surface area contributed by atoms with Gasteiger partial charge in [-0.1, -0.05) is 0 Å². The van der Waals surface area contributed by atoms with Crippen molar-refractivity contribution in [2.75, 3.05) is 0 Å². The largest absolute Gasteiger partial charge is 0.329 e. The number of imidazole rings is 1. The molecule has 16 heavy (non-hydrogen) atoms. The average Bonchev–Trinajstić information content (AvgIpc) is 2.65. The molecule has 2 aromatic heterocycles. The van der Waals surface area contributed by atoms with E-state index in [1.807, 2.05) is 36.9 Å². The molecule has 0 aliphatic rings. The van der Waals surface area contributed by atoms with Crippen LogP contribution in [0.1, 0.15) is 18.5 Å². The Hall–Kier alpha value is -1.33. The van der Waals surface area contributed by atoms with Gasteiger partial charge in [-0.15, -0.1) is 0 Å². The second kappa shape index (κ2) is 4.67. The molecule has 5 heteroatoms. The fourth-order valence-electron chi connectivity index (χ4n) is 1.31. The highest BCUT2D eigenvalue weighted by Crippen LogP contribution is 2.25. The molecule has 1 atom stereocenters. The second-order valence-electron chi connectivity index (χ2n) is 3.64. The summed E-state index contributed by atoms with van der Waals surface area (Å²) in [5, 5.41) is 1.85. The first-order valence-corrected chi connectivity index (χ1v) is 5.85.